The normalized spacial score (nSPS) is 23.5. The Morgan fingerprint density at radius 3 is 2.85 bits per heavy atom. The molecule has 1 aromatic carbocycles. The van der Waals surface area contributed by atoms with Crippen molar-refractivity contribution >= 4 is 33.1 Å². The lowest BCUT2D eigenvalue weighted by molar-refractivity contribution is 0.0767. The SMILES string of the molecule is Clc1cc(Br)cc(C2COCCN2)c1C1=CCOCC1. The number of morpholine rings is 1. The van der Waals surface area contributed by atoms with E-state index < -0.39 is 0 Å². The topological polar surface area (TPSA) is 30.5 Å². The minimum atomic E-state index is 0.192. The Hall–Kier alpha value is -0.390. The molecule has 3 rings (SSSR count). The molecule has 108 valence electrons. The van der Waals surface area contributed by atoms with E-state index in [1.165, 1.54) is 11.1 Å². The second kappa shape index (κ2) is 6.58. The fourth-order valence-corrected chi connectivity index (χ4v) is 3.68. The van der Waals surface area contributed by atoms with Crippen molar-refractivity contribution in [2.45, 2.75) is 12.5 Å². The summed E-state index contributed by atoms with van der Waals surface area (Å²) in [6, 6.07) is 4.29. The predicted octanol–water partition coefficient (Wildman–Crippen LogP) is 3.57. The van der Waals surface area contributed by atoms with Gasteiger partial charge >= 0.3 is 0 Å². The first kappa shape index (κ1) is 14.5. The summed E-state index contributed by atoms with van der Waals surface area (Å²) < 4.78 is 12.0. The van der Waals surface area contributed by atoms with Crippen molar-refractivity contribution in [3.63, 3.8) is 0 Å². The maximum atomic E-state index is 6.51. The quantitative estimate of drug-likeness (QED) is 0.877. The zero-order valence-corrected chi connectivity index (χ0v) is 13.5. The van der Waals surface area contributed by atoms with Gasteiger partial charge in [0.2, 0.25) is 0 Å². The molecule has 0 aromatic heterocycles. The van der Waals surface area contributed by atoms with Gasteiger partial charge in [-0.1, -0.05) is 33.6 Å². The Balaban J connectivity index is 2.04. The Morgan fingerprint density at radius 2 is 2.15 bits per heavy atom. The van der Waals surface area contributed by atoms with E-state index >= 15 is 0 Å². The van der Waals surface area contributed by atoms with Gasteiger partial charge in [0.25, 0.3) is 0 Å². The third-order valence-corrected chi connectivity index (χ3v) is 4.42. The molecule has 2 aliphatic rings. The summed E-state index contributed by atoms with van der Waals surface area (Å²) in [6.07, 6.45) is 3.04. The standard InChI is InChI=1S/C15H17BrClNO2/c16-11-7-12(14-9-20-6-3-18-14)15(13(17)8-11)10-1-4-19-5-2-10/h1,7-8,14,18H,2-6,9H2. The first-order valence-corrected chi connectivity index (χ1v) is 8.00. The Bertz CT molecular complexity index is 527. The summed E-state index contributed by atoms with van der Waals surface area (Å²) in [6.45, 7) is 3.74. The van der Waals surface area contributed by atoms with Crippen molar-refractivity contribution in [3.05, 3.63) is 38.8 Å². The fourth-order valence-electron chi connectivity index (χ4n) is 2.73. The number of rotatable bonds is 2. The summed E-state index contributed by atoms with van der Waals surface area (Å²) in [7, 11) is 0. The average molecular weight is 359 g/mol. The third kappa shape index (κ3) is 3.10. The highest BCUT2D eigenvalue weighted by Crippen LogP contribution is 2.37. The molecule has 1 atom stereocenters. The maximum Gasteiger partial charge on any atom is 0.0662 e. The van der Waals surface area contributed by atoms with Crippen LogP contribution in [0.1, 0.15) is 23.6 Å². The molecule has 1 aromatic rings. The van der Waals surface area contributed by atoms with Gasteiger partial charge in [0.05, 0.1) is 32.5 Å². The van der Waals surface area contributed by atoms with Gasteiger partial charge in [-0.15, -0.1) is 0 Å². The lowest BCUT2D eigenvalue weighted by Crippen LogP contribution is -2.35. The molecule has 0 spiro atoms. The fraction of sp³-hybridized carbons (Fsp3) is 0.467. The molecule has 0 aliphatic carbocycles. The first-order valence-electron chi connectivity index (χ1n) is 6.83. The van der Waals surface area contributed by atoms with Crippen LogP contribution in [0.15, 0.2) is 22.7 Å². The number of halogens is 2. The van der Waals surface area contributed by atoms with Gasteiger partial charge in [0.1, 0.15) is 0 Å². The summed E-state index contributed by atoms with van der Waals surface area (Å²) in [5.74, 6) is 0. The Kier molecular flexibility index (Phi) is 4.79. The van der Waals surface area contributed by atoms with Gasteiger partial charge < -0.3 is 14.8 Å². The second-order valence-corrected chi connectivity index (χ2v) is 6.31. The lowest BCUT2D eigenvalue weighted by Gasteiger charge is -2.28. The molecular formula is C15H17BrClNO2. The second-order valence-electron chi connectivity index (χ2n) is 4.99. The van der Waals surface area contributed by atoms with E-state index in [4.69, 9.17) is 21.1 Å². The van der Waals surface area contributed by atoms with Crippen molar-refractivity contribution in [1.82, 2.24) is 5.32 Å². The summed E-state index contributed by atoms with van der Waals surface area (Å²) in [4.78, 5) is 0. The van der Waals surface area contributed by atoms with Gasteiger partial charge in [-0.3, -0.25) is 0 Å². The van der Waals surface area contributed by atoms with Crippen LogP contribution in [0.2, 0.25) is 5.02 Å². The summed E-state index contributed by atoms with van der Waals surface area (Å²) >= 11 is 10.0. The van der Waals surface area contributed by atoms with Crippen molar-refractivity contribution in [3.8, 4) is 0 Å². The van der Waals surface area contributed by atoms with E-state index in [1.54, 1.807) is 0 Å². The largest absolute Gasteiger partial charge is 0.378 e. The molecular weight excluding hydrogens is 342 g/mol. The summed E-state index contributed by atoms with van der Waals surface area (Å²) in [5, 5.41) is 4.29. The van der Waals surface area contributed by atoms with E-state index in [0.29, 0.717) is 13.2 Å². The summed E-state index contributed by atoms with van der Waals surface area (Å²) in [5.41, 5.74) is 3.62. The van der Waals surface area contributed by atoms with E-state index in [0.717, 1.165) is 41.2 Å². The molecule has 5 heteroatoms. The van der Waals surface area contributed by atoms with Crippen LogP contribution in [0.3, 0.4) is 0 Å². The number of hydrogen-bond acceptors (Lipinski definition) is 3. The predicted molar refractivity (Wildman–Crippen MR) is 84.1 cm³/mol. The highest BCUT2D eigenvalue weighted by Gasteiger charge is 2.23. The van der Waals surface area contributed by atoms with Crippen molar-refractivity contribution in [2.75, 3.05) is 33.0 Å². The molecule has 20 heavy (non-hydrogen) atoms. The van der Waals surface area contributed by atoms with E-state index in [1.807, 2.05) is 6.07 Å². The molecule has 0 radical (unpaired) electrons. The highest BCUT2D eigenvalue weighted by atomic mass is 79.9. The van der Waals surface area contributed by atoms with Crippen molar-refractivity contribution in [1.29, 1.82) is 0 Å². The molecule has 1 fully saturated rings. The van der Waals surface area contributed by atoms with E-state index in [2.05, 4.69) is 33.4 Å². The molecule has 0 bridgehead atoms. The first-order chi connectivity index (χ1) is 9.75. The zero-order valence-electron chi connectivity index (χ0n) is 11.1. The molecule has 0 saturated carbocycles. The number of hydrogen-bond donors (Lipinski definition) is 1. The zero-order chi connectivity index (χ0) is 13.9. The average Bonchev–Trinajstić information content (AvgIpc) is 2.48. The van der Waals surface area contributed by atoms with Gasteiger partial charge in [0.15, 0.2) is 0 Å². The number of benzene rings is 1. The number of ether oxygens (including phenoxy) is 2. The van der Waals surface area contributed by atoms with Crippen LogP contribution in [-0.2, 0) is 9.47 Å². The monoisotopic (exact) mass is 357 g/mol. The van der Waals surface area contributed by atoms with Crippen LogP contribution >= 0.6 is 27.5 Å². The maximum absolute atomic E-state index is 6.51. The third-order valence-electron chi connectivity index (χ3n) is 3.67. The van der Waals surface area contributed by atoms with E-state index in [-0.39, 0.29) is 6.04 Å². The van der Waals surface area contributed by atoms with Crippen LogP contribution in [0.5, 0.6) is 0 Å². The van der Waals surface area contributed by atoms with Crippen LogP contribution < -0.4 is 5.32 Å². The van der Waals surface area contributed by atoms with Crippen molar-refractivity contribution in [2.24, 2.45) is 0 Å². The Labute approximate surface area is 132 Å². The Morgan fingerprint density at radius 1 is 1.25 bits per heavy atom. The van der Waals surface area contributed by atoms with Gasteiger partial charge in [-0.2, -0.15) is 0 Å². The molecule has 1 unspecified atom stereocenters. The van der Waals surface area contributed by atoms with Crippen LogP contribution in [-0.4, -0.2) is 33.0 Å². The van der Waals surface area contributed by atoms with E-state index in [9.17, 15) is 0 Å². The van der Waals surface area contributed by atoms with Crippen LogP contribution in [0.4, 0.5) is 0 Å². The smallest absolute Gasteiger partial charge is 0.0662 e. The van der Waals surface area contributed by atoms with Crippen molar-refractivity contribution < 1.29 is 9.47 Å². The molecule has 1 saturated heterocycles. The molecule has 0 amide bonds. The lowest BCUT2D eigenvalue weighted by atomic mass is 9.92. The minimum Gasteiger partial charge on any atom is -0.378 e. The molecule has 2 aliphatic heterocycles. The van der Waals surface area contributed by atoms with Gasteiger partial charge in [-0.25, -0.2) is 0 Å². The molecule has 3 nitrogen and oxygen atoms in total. The minimum absolute atomic E-state index is 0.192. The molecule has 1 N–H and O–H groups in total. The molecule has 2 heterocycles. The van der Waals surface area contributed by atoms with Gasteiger partial charge in [0, 0.05) is 21.6 Å². The van der Waals surface area contributed by atoms with Gasteiger partial charge in [-0.05, 0) is 29.7 Å². The number of nitrogens with one attached hydrogen (secondary N) is 1. The highest BCUT2D eigenvalue weighted by molar-refractivity contribution is 9.10. The van der Waals surface area contributed by atoms with Crippen LogP contribution in [0.25, 0.3) is 5.57 Å². The van der Waals surface area contributed by atoms with Crippen LogP contribution in [0, 0.1) is 0 Å².